The van der Waals surface area contributed by atoms with E-state index in [0.717, 1.165) is 0 Å². The van der Waals surface area contributed by atoms with Gasteiger partial charge in [0.1, 0.15) is 11.6 Å². The van der Waals surface area contributed by atoms with Gasteiger partial charge in [-0.25, -0.2) is 9.67 Å². The van der Waals surface area contributed by atoms with Crippen molar-refractivity contribution in [3.63, 3.8) is 0 Å². The summed E-state index contributed by atoms with van der Waals surface area (Å²) in [6.45, 7) is -0.00493. The fourth-order valence-electron chi connectivity index (χ4n) is 0.960. The minimum Gasteiger partial charge on any atom is -0.330 e. The highest BCUT2D eigenvalue weighted by Crippen LogP contribution is 2.35. The molecule has 0 amide bonds. The Kier molecular flexibility index (Phi) is 3.97. The lowest BCUT2D eigenvalue weighted by atomic mass is 10.3. The van der Waals surface area contributed by atoms with Gasteiger partial charge in [-0.3, -0.25) is 0 Å². The second-order valence-corrected chi connectivity index (χ2v) is 4.06. The first kappa shape index (κ1) is 12.3. The fraction of sp³-hybridized carbons (Fsp3) is 0.714. The maximum Gasteiger partial charge on any atom is 0.401 e. The molecule has 15 heavy (non-hydrogen) atoms. The Morgan fingerprint density at radius 3 is 2.67 bits per heavy atom. The summed E-state index contributed by atoms with van der Waals surface area (Å²) in [6, 6.07) is 0. The Balaban J connectivity index is 2.71. The lowest BCUT2D eigenvalue weighted by molar-refractivity contribution is -0.129. The molecule has 1 aromatic heterocycles. The molecule has 0 fully saturated rings. The van der Waals surface area contributed by atoms with Crippen LogP contribution in [0.4, 0.5) is 13.2 Å². The van der Waals surface area contributed by atoms with Crippen LogP contribution in [0, 0.1) is 0 Å². The van der Waals surface area contributed by atoms with E-state index in [2.05, 4.69) is 10.1 Å². The van der Waals surface area contributed by atoms with E-state index in [0.29, 0.717) is 11.8 Å². The van der Waals surface area contributed by atoms with Crippen molar-refractivity contribution in [2.24, 2.45) is 12.8 Å². The van der Waals surface area contributed by atoms with Gasteiger partial charge in [0.05, 0.1) is 0 Å². The maximum atomic E-state index is 12.5. The van der Waals surface area contributed by atoms with E-state index in [4.69, 9.17) is 5.73 Å². The van der Waals surface area contributed by atoms with Gasteiger partial charge in [-0.1, -0.05) is 11.8 Å². The van der Waals surface area contributed by atoms with Crippen LogP contribution in [0.3, 0.4) is 0 Å². The SMILES string of the molecule is Cn1ncnc1SC(CCN)C(F)(F)F. The monoisotopic (exact) mass is 240 g/mol. The van der Waals surface area contributed by atoms with Crippen molar-refractivity contribution in [1.29, 1.82) is 0 Å². The summed E-state index contributed by atoms with van der Waals surface area (Å²) >= 11 is 0.638. The zero-order chi connectivity index (χ0) is 11.5. The van der Waals surface area contributed by atoms with Crippen LogP contribution in [-0.2, 0) is 7.05 Å². The van der Waals surface area contributed by atoms with Gasteiger partial charge >= 0.3 is 6.18 Å². The molecule has 0 aliphatic carbocycles. The summed E-state index contributed by atoms with van der Waals surface area (Å²) in [5.74, 6) is 0. The molecule has 2 N–H and O–H groups in total. The van der Waals surface area contributed by atoms with Gasteiger partial charge in [0, 0.05) is 7.05 Å². The van der Waals surface area contributed by atoms with E-state index < -0.39 is 11.4 Å². The largest absolute Gasteiger partial charge is 0.401 e. The molecule has 1 atom stereocenters. The summed E-state index contributed by atoms with van der Waals surface area (Å²) in [4.78, 5) is 3.73. The Morgan fingerprint density at radius 2 is 2.27 bits per heavy atom. The minimum atomic E-state index is -4.27. The van der Waals surface area contributed by atoms with Crippen molar-refractivity contribution in [2.45, 2.75) is 23.0 Å². The third-order valence-electron chi connectivity index (χ3n) is 1.71. The number of hydrogen-bond acceptors (Lipinski definition) is 4. The quantitative estimate of drug-likeness (QED) is 0.803. The number of nitrogens with zero attached hydrogens (tertiary/aromatic N) is 3. The van der Waals surface area contributed by atoms with E-state index in [1.54, 1.807) is 7.05 Å². The zero-order valence-electron chi connectivity index (χ0n) is 8.03. The molecule has 0 aromatic carbocycles. The number of thioether (sulfide) groups is 1. The summed E-state index contributed by atoms with van der Waals surface area (Å²) in [6.07, 6.45) is -3.17. The number of aryl methyl sites for hydroxylation is 1. The lowest BCUT2D eigenvalue weighted by Gasteiger charge is -2.17. The predicted molar refractivity (Wildman–Crippen MR) is 50.4 cm³/mol. The van der Waals surface area contributed by atoms with Crippen molar-refractivity contribution in [3.8, 4) is 0 Å². The number of halogens is 3. The average Bonchev–Trinajstić information content (AvgIpc) is 2.49. The van der Waals surface area contributed by atoms with Gasteiger partial charge < -0.3 is 5.73 Å². The molecule has 1 unspecified atom stereocenters. The van der Waals surface area contributed by atoms with Crippen molar-refractivity contribution in [2.75, 3.05) is 6.54 Å². The molecule has 0 aliphatic heterocycles. The lowest BCUT2D eigenvalue weighted by Crippen LogP contribution is -2.28. The standard InChI is InChI=1S/C7H11F3N4S/c1-14-6(12-4-13-14)15-5(2-3-11)7(8,9)10/h4-5H,2-3,11H2,1H3. The molecule has 4 nitrogen and oxygen atoms in total. The summed E-state index contributed by atoms with van der Waals surface area (Å²) < 4.78 is 38.8. The van der Waals surface area contributed by atoms with E-state index in [1.807, 2.05) is 0 Å². The van der Waals surface area contributed by atoms with Gasteiger partial charge in [0.25, 0.3) is 0 Å². The highest BCUT2D eigenvalue weighted by Gasteiger charge is 2.40. The van der Waals surface area contributed by atoms with Crippen LogP contribution >= 0.6 is 11.8 Å². The Labute approximate surface area is 89.0 Å². The van der Waals surface area contributed by atoms with E-state index >= 15 is 0 Å². The van der Waals surface area contributed by atoms with Crippen LogP contribution in [0.25, 0.3) is 0 Å². The first-order valence-corrected chi connectivity index (χ1v) is 5.10. The zero-order valence-corrected chi connectivity index (χ0v) is 8.85. The highest BCUT2D eigenvalue weighted by molar-refractivity contribution is 7.99. The first-order valence-electron chi connectivity index (χ1n) is 4.22. The van der Waals surface area contributed by atoms with E-state index in [9.17, 15) is 13.2 Å². The van der Waals surface area contributed by atoms with Gasteiger partial charge in [0.2, 0.25) is 0 Å². The number of rotatable bonds is 4. The van der Waals surface area contributed by atoms with Crippen molar-refractivity contribution in [3.05, 3.63) is 6.33 Å². The molecule has 0 saturated heterocycles. The van der Waals surface area contributed by atoms with Crippen LogP contribution in [0.5, 0.6) is 0 Å². The molecule has 8 heteroatoms. The highest BCUT2D eigenvalue weighted by atomic mass is 32.2. The average molecular weight is 240 g/mol. The van der Waals surface area contributed by atoms with Crippen LogP contribution in [0.1, 0.15) is 6.42 Å². The molecular weight excluding hydrogens is 229 g/mol. The van der Waals surface area contributed by atoms with E-state index in [-0.39, 0.29) is 18.1 Å². The van der Waals surface area contributed by atoms with Crippen molar-refractivity contribution < 1.29 is 13.2 Å². The summed E-state index contributed by atoms with van der Waals surface area (Å²) in [5.41, 5.74) is 5.14. The molecule has 0 aliphatic rings. The molecule has 86 valence electrons. The fourth-order valence-corrected chi connectivity index (χ4v) is 1.91. The molecule has 1 aromatic rings. The van der Waals surface area contributed by atoms with Gasteiger partial charge in [-0.2, -0.15) is 18.3 Å². The third-order valence-corrected chi connectivity index (χ3v) is 3.08. The molecular formula is C7H11F3N4S. The van der Waals surface area contributed by atoms with Gasteiger partial charge in [-0.05, 0) is 13.0 Å². The minimum absolute atomic E-state index is 0.00493. The smallest absolute Gasteiger partial charge is 0.330 e. The van der Waals surface area contributed by atoms with Crippen LogP contribution in [-0.4, -0.2) is 32.7 Å². The third kappa shape index (κ3) is 3.38. The molecule has 1 rings (SSSR count). The Hall–Kier alpha value is -0.760. The van der Waals surface area contributed by atoms with Crippen LogP contribution < -0.4 is 5.73 Å². The topological polar surface area (TPSA) is 56.7 Å². The van der Waals surface area contributed by atoms with Crippen molar-refractivity contribution in [1.82, 2.24) is 14.8 Å². The maximum absolute atomic E-state index is 12.5. The Bertz CT molecular complexity index is 311. The number of aromatic nitrogens is 3. The molecule has 1 heterocycles. The second kappa shape index (κ2) is 4.84. The summed E-state index contributed by atoms with van der Waals surface area (Å²) in [5, 5.41) is 2.42. The number of nitrogens with two attached hydrogens (primary N) is 1. The van der Waals surface area contributed by atoms with Gasteiger partial charge in [-0.15, -0.1) is 0 Å². The first-order chi connectivity index (χ1) is 6.95. The number of hydrogen-bond donors (Lipinski definition) is 1. The van der Waals surface area contributed by atoms with Crippen LogP contribution in [0.15, 0.2) is 11.5 Å². The predicted octanol–water partition coefficient (Wildman–Crippen LogP) is 1.19. The van der Waals surface area contributed by atoms with Crippen molar-refractivity contribution >= 4 is 11.8 Å². The Morgan fingerprint density at radius 1 is 1.60 bits per heavy atom. The second-order valence-electron chi connectivity index (χ2n) is 2.89. The molecule has 0 spiro atoms. The number of alkyl halides is 3. The normalized spacial score (nSPS) is 14.2. The molecule has 0 saturated carbocycles. The molecule has 0 bridgehead atoms. The van der Waals surface area contributed by atoms with E-state index in [1.165, 1.54) is 11.0 Å². The molecule has 0 radical (unpaired) electrons. The van der Waals surface area contributed by atoms with Crippen LogP contribution in [0.2, 0.25) is 0 Å². The van der Waals surface area contributed by atoms with Gasteiger partial charge in [0.15, 0.2) is 5.16 Å². The summed E-state index contributed by atoms with van der Waals surface area (Å²) in [7, 11) is 1.55.